The van der Waals surface area contributed by atoms with E-state index in [9.17, 15) is 9.59 Å². The van der Waals surface area contributed by atoms with E-state index in [0.717, 1.165) is 11.1 Å². The third-order valence-corrected chi connectivity index (χ3v) is 4.96. The average molecular weight is 405 g/mol. The Bertz CT molecular complexity index is 1160. The zero-order valence-corrected chi connectivity index (χ0v) is 16.6. The van der Waals surface area contributed by atoms with Crippen LogP contribution in [0, 0.1) is 13.8 Å². The zero-order valence-electron chi connectivity index (χ0n) is 15.9. The predicted octanol–water partition coefficient (Wildman–Crippen LogP) is 5.79. The quantitative estimate of drug-likeness (QED) is 0.315. The summed E-state index contributed by atoms with van der Waals surface area (Å²) in [7, 11) is 0. The molecule has 0 spiro atoms. The summed E-state index contributed by atoms with van der Waals surface area (Å²) in [5.74, 6) is 0.246. The number of carbonyl (C=O) groups excluding carboxylic acids is 2. The Morgan fingerprint density at radius 2 is 1.72 bits per heavy atom. The molecular formula is C24H17ClO4. The lowest BCUT2D eigenvalue weighted by Gasteiger charge is -2.08. The topological polar surface area (TPSA) is 52.6 Å². The Morgan fingerprint density at radius 3 is 2.45 bits per heavy atom. The highest BCUT2D eigenvalue weighted by Gasteiger charge is 2.30. The summed E-state index contributed by atoms with van der Waals surface area (Å²) in [6.45, 7) is 3.76. The molecule has 3 aromatic carbocycles. The van der Waals surface area contributed by atoms with Crippen LogP contribution in [0.25, 0.3) is 6.08 Å². The van der Waals surface area contributed by atoms with Crippen molar-refractivity contribution in [1.82, 2.24) is 0 Å². The van der Waals surface area contributed by atoms with Crippen molar-refractivity contribution in [3.63, 3.8) is 0 Å². The standard InChI is InChI=1S/C24H17ClO4/c1-14-5-3-4-6-17(14)12-21-23(26)22-15(2)11-19(13-20(22)29-21)28-24(27)16-7-9-18(25)10-8-16/h3-13H,1-2H3/b21-12-. The minimum Gasteiger partial charge on any atom is -0.452 e. The fraction of sp³-hybridized carbons (Fsp3) is 0.0833. The van der Waals surface area contributed by atoms with Crippen LogP contribution in [-0.2, 0) is 0 Å². The lowest BCUT2D eigenvalue weighted by molar-refractivity contribution is 0.0734. The van der Waals surface area contributed by atoms with Gasteiger partial charge < -0.3 is 9.47 Å². The predicted molar refractivity (Wildman–Crippen MR) is 112 cm³/mol. The van der Waals surface area contributed by atoms with Gasteiger partial charge in [0.25, 0.3) is 0 Å². The number of carbonyl (C=O) groups is 2. The minimum atomic E-state index is -0.513. The first-order valence-electron chi connectivity index (χ1n) is 9.04. The molecule has 0 bridgehead atoms. The van der Waals surface area contributed by atoms with Gasteiger partial charge in [0, 0.05) is 11.1 Å². The second kappa shape index (κ2) is 7.57. The molecule has 5 heteroatoms. The highest BCUT2D eigenvalue weighted by Crippen LogP contribution is 2.38. The number of benzene rings is 3. The molecule has 3 aromatic rings. The van der Waals surface area contributed by atoms with Crippen molar-refractivity contribution in [2.24, 2.45) is 0 Å². The van der Waals surface area contributed by atoms with Crippen molar-refractivity contribution in [3.8, 4) is 11.5 Å². The normalized spacial score (nSPS) is 13.9. The smallest absolute Gasteiger partial charge is 0.343 e. The van der Waals surface area contributed by atoms with Gasteiger partial charge >= 0.3 is 5.97 Å². The molecule has 1 aliphatic heterocycles. The van der Waals surface area contributed by atoms with Gasteiger partial charge in [0.05, 0.1) is 11.1 Å². The number of hydrogen-bond acceptors (Lipinski definition) is 4. The number of ketones is 1. The van der Waals surface area contributed by atoms with Crippen molar-refractivity contribution in [1.29, 1.82) is 0 Å². The minimum absolute atomic E-state index is 0.184. The van der Waals surface area contributed by atoms with Crippen molar-refractivity contribution >= 4 is 29.4 Å². The lowest BCUT2D eigenvalue weighted by atomic mass is 10.0. The van der Waals surface area contributed by atoms with Crippen LogP contribution in [0.3, 0.4) is 0 Å². The third-order valence-electron chi connectivity index (χ3n) is 4.71. The number of rotatable bonds is 3. The largest absolute Gasteiger partial charge is 0.452 e. The maximum absolute atomic E-state index is 12.8. The molecule has 0 radical (unpaired) electrons. The van der Waals surface area contributed by atoms with Crippen LogP contribution in [0.2, 0.25) is 5.02 Å². The summed E-state index contributed by atoms with van der Waals surface area (Å²) in [5, 5.41) is 0.537. The number of halogens is 1. The lowest BCUT2D eigenvalue weighted by Crippen LogP contribution is -2.08. The maximum atomic E-state index is 12.8. The van der Waals surface area contributed by atoms with E-state index in [1.807, 2.05) is 31.2 Å². The van der Waals surface area contributed by atoms with Gasteiger partial charge in [0.15, 0.2) is 5.76 Å². The monoisotopic (exact) mass is 404 g/mol. The summed E-state index contributed by atoms with van der Waals surface area (Å²) < 4.78 is 11.3. The third kappa shape index (κ3) is 3.80. The number of hydrogen-bond donors (Lipinski definition) is 0. The van der Waals surface area contributed by atoms with E-state index in [0.29, 0.717) is 33.2 Å². The van der Waals surface area contributed by atoms with Gasteiger partial charge in [-0.1, -0.05) is 35.9 Å². The summed E-state index contributed by atoms with van der Waals surface area (Å²) in [6, 6.07) is 17.4. The highest BCUT2D eigenvalue weighted by molar-refractivity contribution is 6.30. The van der Waals surface area contributed by atoms with Crippen LogP contribution in [-0.4, -0.2) is 11.8 Å². The van der Waals surface area contributed by atoms with Gasteiger partial charge in [-0.25, -0.2) is 4.79 Å². The number of esters is 1. The van der Waals surface area contributed by atoms with Crippen molar-refractivity contribution in [3.05, 3.63) is 99.3 Å². The van der Waals surface area contributed by atoms with Crippen molar-refractivity contribution in [2.45, 2.75) is 13.8 Å². The van der Waals surface area contributed by atoms with E-state index in [-0.39, 0.29) is 11.5 Å². The molecule has 0 unspecified atom stereocenters. The molecule has 1 heterocycles. The first kappa shape index (κ1) is 19.0. The van der Waals surface area contributed by atoms with E-state index in [1.54, 1.807) is 49.4 Å². The molecule has 0 fully saturated rings. The second-order valence-corrected chi connectivity index (χ2v) is 7.24. The number of ether oxygens (including phenoxy) is 2. The van der Waals surface area contributed by atoms with Crippen LogP contribution in [0.1, 0.15) is 37.4 Å². The fourth-order valence-electron chi connectivity index (χ4n) is 3.18. The Labute approximate surface area is 173 Å². The second-order valence-electron chi connectivity index (χ2n) is 6.81. The van der Waals surface area contributed by atoms with Gasteiger partial charge in [-0.2, -0.15) is 0 Å². The fourth-order valence-corrected chi connectivity index (χ4v) is 3.30. The first-order valence-corrected chi connectivity index (χ1v) is 9.42. The summed E-state index contributed by atoms with van der Waals surface area (Å²) in [4.78, 5) is 25.2. The molecule has 4 nitrogen and oxygen atoms in total. The Hall–Kier alpha value is -3.37. The maximum Gasteiger partial charge on any atom is 0.343 e. The number of fused-ring (bicyclic) bond motifs is 1. The van der Waals surface area contributed by atoms with Crippen LogP contribution < -0.4 is 9.47 Å². The first-order chi connectivity index (χ1) is 13.9. The van der Waals surface area contributed by atoms with Crippen molar-refractivity contribution < 1.29 is 19.1 Å². The molecule has 0 aromatic heterocycles. The van der Waals surface area contributed by atoms with Crippen LogP contribution in [0.4, 0.5) is 0 Å². The Balaban J connectivity index is 1.62. The van der Waals surface area contributed by atoms with Gasteiger partial charge in [-0.05, 0) is 66.9 Å². The van der Waals surface area contributed by atoms with Gasteiger partial charge in [-0.15, -0.1) is 0 Å². The molecule has 144 valence electrons. The highest BCUT2D eigenvalue weighted by atomic mass is 35.5. The van der Waals surface area contributed by atoms with E-state index < -0.39 is 5.97 Å². The molecule has 0 amide bonds. The molecule has 0 N–H and O–H groups in total. The molecular weight excluding hydrogens is 388 g/mol. The van der Waals surface area contributed by atoms with E-state index in [2.05, 4.69) is 0 Å². The number of aryl methyl sites for hydroxylation is 2. The molecule has 0 atom stereocenters. The van der Waals surface area contributed by atoms with Crippen LogP contribution in [0.15, 0.2) is 66.4 Å². The Morgan fingerprint density at radius 1 is 1.00 bits per heavy atom. The van der Waals surface area contributed by atoms with Gasteiger partial charge in [-0.3, -0.25) is 4.79 Å². The average Bonchev–Trinajstić information content (AvgIpc) is 3.00. The van der Waals surface area contributed by atoms with Crippen LogP contribution >= 0.6 is 11.6 Å². The molecule has 4 rings (SSSR count). The van der Waals surface area contributed by atoms with Gasteiger partial charge in [0.2, 0.25) is 5.78 Å². The summed E-state index contributed by atoms with van der Waals surface area (Å²) in [6.07, 6.45) is 1.73. The van der Waals surface area contributed by atoms with E-state index in [1.165, 1.54) is 0 Å². The Kier molecular flexibility index (Phi) is 4.95. The SMILES string of the molecule is Cc1ccccc1/C=C1\Oc2cc(OC(=O)c3ccc(Cl)cc3)cc(C)c2C1=O. The molecule has 0 saturated carbocycles. The number of allylic oxidation sites excluding steroid dienone is 1. The molecule has 0 aliphatic carbocycles. The molecule has 29 heavy (non-hydrogen) atoms. The van der Waals surface area contributed by atoms with Crippen LogP contribution in [0.5, 0.6) is 11.5 Å². The summed E-state index contributed by atoms with van der Waals surface area (Å²) >= 11 is 5.85. The van der Waals surface area contributed by atoms with E-state index in [4.69, 9.17) is 21.1 Å². The zero-order chi connectivity index (χ0) is 20.5. The van der Waals surface area contributed by atoms with Crippen molar-refractivity contribution in [2.75, 3.05) is 0 Å². The molecule has 0 saturated heterocycles. The van der Waals surface area contributed by atoms with E-state index >= 15 is 0 Å². The molecule has 1 aliphatic rings. The summed E-state index contributed by atoms with van der Waals surface area (Å²) in [5.41, 5.74) is 3.50. The number of Topliss-reactive ketones (excluding diaryl/α,β-unsaturated/α-hetero) is 1. The van der Waals surface area contributed by atoms with Gasteiger partial charge in [0.1, 0.15) is 11.5 Å².